The molecule has 0 unspecified atom stereocenters. The quantitative estimate of drug-likeness (QED) is 0.657. The molecule has 0 aliphatic heterocycles. The van der Waals surface area contributed by atoms with E-state index in [-0.39, 0.29) is 11.6 Å². The lowest BCUT2D eigenvalue weighted by Gasteiger charge is -2.10. The Kier molecular flexibility index (Phi) is 4.43. The summed E-state index contributed by atoms with van der Waals surface area (Å²) in [6.45, 7) is 0.421. The lowest BCUT2D eigenvalue weighted by atomic mass is 10.1. The predicted octanol–water partition coefficient (Wildman–Crippen LogP) is 3.61. The van der Waals surface area contributed by atoms with Gasteiger partial charge >= 0.3 is 6.03 Å². The number of halogens is 1. The van der Waals surface area contributed by atoms with Gasteiger partial charge in [0, 0.05) is 34.1 Å². The van der Waals surface area contributed by atoms with Crippen molar-refractivity contribution in [2.75, 3.05) is 5.32 Å². The molecule has 0 fully saturated rings. The number of aromatic nitrogens is 1. The highest BCUT2D eigenvalue weighted by Crippen LogP contribution is 2.20. The summed E-state index contributed by atoms with van der Waals surface area (Å²) in [6.07, 6.45) is 1.63. The van der Waals surface area contributed by atoms with E-state index in [4.69, 9.17) is 0 Å². The van der Waals surface area contributed by atoms with E-state index < -0.39 is 0 Å². The van der Waals surface area contributed by atoms with Gasteiger partial charge in [-0.05, 0) is 23.8 Å². The Morgan fingerprint density at radius 1 is 1.13 bits per heavy atom. The molecular formula is C17H14BrN3O2. The van der Waals surface area contributed by atoms with Crippen LogP contribution in [-0.2, 0) is 6.54 Å². The van der Waals surface area contributed by atoms with Crippen molar-refractivity contribution in [1.82, 2.24) is 10.3 Å². The van der Waals surface area contributed by atoms with Crippen LogP contribution < -0.4 is 16.2 Å². The summed E-state index contributed by atoms with van der Waals surface area (Å²) in [7, 11) is 0. The van der Waals surface area contributed by atoms with Gasteiger partial charge in [0.1, 0.15) is 0 Å². The molecule has 0 atom stereocenters. The van der Waals surface area contributed by atoms with E-state index in [1.165, 1.54) is 6.07 Å². The van der Waals surface area contributed by atoms with E-state index in [1.54, 1.807) is 12.3 Å². The summed E-state index contributed by atoms with van der Waals surface area (Å²) in [4.78, 5) is 26.2. The minimum atomic E-state index is -0.319. The Balaban J connectivity index is 1.71. The second-order valence-electron chi connectivity index (χ2n) is 5.04. The fourth-order valence-corrected chi connectivity index (χ4v) is 2.52. The molecule has 23 heavy (non-hydrogen) atoms. The number of amides is 2. The molecule has 0 spiro atoms. The zero-order valence-corrected chi connectivity index (χ0v) is 13.7. The first kappa shape index (κ1) is 15.3. The van der Waals surface area contributed by atoms with Gasteiger partial charge in [-0.15, -0.1) is 0 Å². The van der Waals surface area contributed by atoms with Crippen molar-refractivity contribution in [3.8, 4) is 0 Å². The molecule has 0 aliphatic carbocycles. The average Bonchev–Trinajstić information content (AvgIpc) is 2.55. The van der Waals surface area contributed by atoms with Gasteiger partial charge in [0.25, 0.3) is 0 Å². The molecule has 2 aromatic carbocycles. The SMILES string of the molecule is O=C(NCc1ccc(Br)cc1)Nc1cccc2c[nH]c(=O)cc12. The number of pyridine rings is 1. The van der Waals surface area contributed by atoms with E-state index in [1.807, 2.05) is 36.4 Å². The molecule has 3 rings (SSSR count). The van der Waals surface area contributed by atoms with Gasteiger partial charge in [0.15, 0.2) is 0 Å². The first-order valence-electron chi connectivity index (χ1n) is 7.02. The third-order valence-electron chi connectivity index (χ3n) is 3.40. The number of carbonyl (C=O) groups is 1. The summed E-state index contributed by atoms with van der Waals surface area (Å²) in [5, 5.41) is 7.14. The first-order valence-corrected chi connectivity index (χ1v) is 7.82. The van der Waals surface area contributed by atoms with Gasteiger partial charge in [0.2, 0.25) is 5.56 Å². The molecule has 1 aromatic heterocycles. The number of urea groups is 1. The van der Waals surface area contributed by atoms with E-state index in [0.717, 1.165) is 15.4 Å². The van der Waals surface area contributed by atoms with Crippen LogP contribution in [0.15, 0.2) is 64.0 Å². The number of aromatic amines is 1. The lowest BCUT2D eigenvalue weighted by Crippen LogP contribution is -2.28. The monoisotopic (exact) mass is 371 g/mol. The zero-order valence-electron chi connectivity index (χ0n) is 12.1. The van der Waals surface area contributed by atoms with Crippen LogP contribution >= 0.6 is 15.9 Å². The van der Waals surface area contributed by atoms with Crippen LogP contribution in [0.1, 0.15) is 5.56 Å². The van der Waals surface area contributed by atoms with Crippen molar-refractivity contribution < 1.29 is 4.79 Å². The van der Waals surface area contributed by atoms with Crippen molar-refractivity contribution in [2.45, 2.75) is 6.54 Å². The molecular weight excluding hydrogens is 358 g/mol. The molecule has 0 aliphatic rings. The summed E-state index contributed by atoms with van der Waals surface area (Å²) in [5.41, 5.74) is 1.39. The predicted molar refractivity (Wildman–Crippen MR) is 94.6 cm³/mol. The first-order chi connectivity index (χ1) is 11.1. The number of benzene rings is 2. The second kappa shape index (κ2) is 6.66. The largest absolute Gasteiger partial charge is 0.334 e. The third-order valence-corrected chi connectivity index (χ3v) is 3.93. The van der Waals surface area contributed by atoms with Crippen molar-refractivity contribution in [2.24, 2.45) is 0 Å². The standard InChI is InChI=1S/C17H14BrN3O2/c18-13-6-4-11(5-7-13)9-20-17(23)21-15-3-1-2-12-10-19-16(22)8-14(12)15/h1-8,10H,9H2,(H,19,22)(H2,20,21,23). The van der Waals surface area contributed by atoms with Crippen LogP contribution in [0.3, 0.4) is 0 Å². The molecule has 3 aromatic rings. The Morgan fingerprint density at radius 2 is 1.91 bits per heavy atom. The fraction of sp³-hybridized carbons (Fsp3) is 0.0588. The average molecular weight is 372 g/mol. The number of carbonyl (C=O) groups excluding carboxylic acids is 1. The van der Waals surface area contributed by atoms with Gasteiger partial charge in [-0.2, -0.15) is 0 Å². The van der Waals surface area contributed by atoms with Crippen LogP contribution in [0.25, 0.3) is 10.8 Å². The maximum atomic E-state index is 12.1. The number of H-pyrrole nitrogens is 1. The maximum Gasteiger partial charge on any atom is 0.319 e. The fourth-order valence-electron chi connectivity index (χ4n) is 2.25. The van der Waals surface area contributed by atoms with E-state index >= 15 is 0 Å². The Labute approximate surface area is 140 Å². The summed E-state index contributed by atoms with van der Waals surface area (Å²) >= 11 is 3.37. The van der Waals surface area contributed by atoms with Crippen LogP contribution in [0, 0.1) is 0 Å². The van der Waals surface area contributed by atoms with Crippen molar-refractivity contribution in [3.63, 3.8) is 0 Å². The number of hydrogen-bond acceptors (Lipinski definition) is 2. The smallest absolute Gasteiger partial charge is 0.319 e. The molecule has 5 nitrogen and oxygen atoms in total. The molecule has 6 heteroatoms. The van der Waals surface area contributed by atoms with Gasteiger partial charge in [-0.25, -0.2) is 4.79 Å². The van der Waals surface area contributed by atoms with Gasteiger partial charge in [-0.1, -0.05) is 40.2 Å². The number of fused-ring (bicyclic) bond motifs is 1. The van der Waals surface area contributed by atoms with Crippen molar-refractivity contribution in [1.29, 1.82) is 0 Å². The minimum absolute atomic E-state index is 0.206. The number of nitrogens with one attached hydrogen (secondary N) is 3. The highest BCUT2D eigenvalue weighted by Gasteiger charge is 2.06. The van der Waals surface area contributed by atoms with Gasteiger partial charge in [-0.3, -0.25) is 4.79 Å². The maximum absolute atomic E-state index is 12.1. The molecule has 0 saturated heterocycles. The Morgan fingerprint density at radius 3 is 2.70 bits per heavy atom. The van der Waals surface area contributed by atoms with E-state index in [0.29, 0.717) is 17.6 Å². The topological polar surface area (TPSA) is 74.0 Å². The van der Waals surface area contributed by atoms with Crippen LogP contribution in [-0.4, -0.2) is 11.0 Å². The molecule has 0 saturated carbocycles. The van der Waals surface area contributed by atoms with Crippen LogP contribution in [0.5, 0.6) is 0 Å². The van der Waals surface area contributed by atoms with E-state index in [2.05, 4.69) is 31.5 Å². The highest BCUT2D eigenvalue weighted by molar-refractivity contribution is 9.10. The summed E-state index contributed by atoms with van der Waals surface area (Å²) < 4.78 is 0.992. The number of anilines is 1. The molecule has 116 valence electrons. The zero-order chi connectivity index (χ0) is 16.2. The van der Waals surface area contributed by atoms with Gasteiger partial charge in [0.05, 0.1) is 5.69 Å². The van der Waals surface area contributed by atoms with Crippen LogP contribution in [0.4, 0.5) is 10.5 Å². The van der Waals surface area contributed by atoms with E-state index in [9.17, 15) is 9.59 Å². The second-order valence-corrected chi connectivity index (χ2v) is 5.96. The number of hydrogen-bond donors (Lipinski definition) is 3. The summed E-state index contributed by atoms with van der Waals surface area (Å²) in [5.74, 6) is 0. The Bertz CT molecular complexity index is 904. The highest BCUT2D eigenvalue weighted by atomic mass is 79.9. The molecule has 3 N–H and O–H groups in total. The Hall–Kier alpha value is -2.60. The van der Waals surface area contributed by atoms with Crippen molar-refractivity contribution in [3.05, 3.63) is 75.1 Å². The minimum Gasteiger partial charge on any atom is -0.334 e. The lowest BCUT2D eigenvalue weighted by molar-refractivity contribution is 0.252. The number of rotatable bonds is 3. The molecule has 2 amide bonds. The molecule has 1 heterocycles. The van der Waals surface area contributed by atoms with Crippen molar-refractivity contribution >= 4 is 38.4 Å². The molecule has 0 bridgehead atoms. The normalized spacial score (nSPS) is 10.5. The van der Waals surface area contributed by atoms with Crippen LogP contribution in [0.2, 0.25) is 0 Å². The summed E-state index contributed by atoms with van der Waals surface area (Å²) in [6, 6.07) is 14.3. The third kappa shape index (κ3) is 3.78. The molecule has 0 radical (unpaired) electrons. The van der Waals surface area contributed by atoms with Gasteiger partial charge < -0.3 is 15.6 Å².